The molecule has 0 fully saturated rings. The van der Waals surface area contributed by atoms with Crippen LogP contribution in [0.25, 0.3) is 0 Å². The van der Waals surface area contributed by atoms with Gasteiger partial charge in [-0.1, -0.05) is 15.9 Å². The molecule has 0 aliphatic rings. The minimum atomic E-state index is -0.365. The molecule has 3 rings (SSSR count). The van der Waals surface area contributed by atoms with Gasteiger partial charge in [-0.3, -0.25) is 4.79 Å². The quantitative estimate of drug-likeness (QED) is 0.546. The lowest BCUT2D eigenvalue weighted by molar-refractivity contribution is 0.102. The van der Waals surface area contributed by atoms with Gasteiger partial charge in [-0.25, -0.2) is 4.68 Å². The van der Waals surface area contributed by atoms with Crippen molar-refractivity contribution in [3.8, 4) is 23.0 Å². The van der Waals surface area contributed by atoms with Crippen molar-refractivity contribution in [1.29, 1.82) is 0 Å². The van der Waals surface area contributed by atoms with Crippen molar-refractivity contribution >= 4 is 27.5 Å². The molecule has 8 nitrogen and oxygen atoms in total. The second-order valence-corrected chi connectivity index (χ2v) is 6.75. The molecule has 152 valence electrons. The lowest BCUT2D eigenvalue weighted by Gasteiger charge is -2.15. The van der Waals surface area contributed by atoms with E-state index >= 15 is 0 Å². The normalized spacial score (nSPS) is 10.3. The Bertz CT molecular complexity index is 988. The van der Waals surface area contributed by atoms with E-state index in [4.69, 9.17) is 18.9 Å². The van der Waals surface area contributed by atoms with Crippen molar-refractivity contribution < 1.29 is 23.7 Å². The minimum absolute atomic E-state index is 0.206. The molecular weight excluding hydrogens is 442 g/mol. The number of amides is 1. The number of methoxy groups -OCH3 is 3. The van der Waals surface area contributed by atoms with Gasteiger partial charge in [-0.15, -0.1) is 0 Å². The Morgan fingerprint density at radius 1 is 1.03 bits per heavy atom. The highest BCUT2D eigenvalue weighted by atomic mass is 79.9. The zero-order valence-electron chi connectivity index (χ0n) is 16.1. The van der Waals surface area contributed by atoms with Gasteiger partial charge < -0.3 is 24.3 Å². The molecule has 9 heteroatoms. The third kappa shape index (κ3) is 4.80. The van der Waals surface area contributed by atoms with E-state index in [1.165, 1.54) is 27.5 Å². The van der Waals surface area contributed by atoms with Crippen LogP contribution in [-0.2, 0) is 6.73 Å². The number of hydrogen-bond acceptors (Lipinski definition) is 6. The van der Waals surface area contributed by atoms with Crippen molar-refractivity contribution in [3.63, 3.8) is 0 Å². The first-order valence-corrected chi connectivity index (χ1v) is 9.36. The standard InChI is InChI=1S/C20H20BrN3O5/c1-26-17-9-8-16(18(27-2)19(17)28-3)20(25)23-14-10-22-24(11-14)12-29-15-6-4-13(21)5-7-15/h4-11H,12H2,1-3H3,(H,23,25). The molecule has 2 aromatic carbocycles. The third-order valence-electron chi connectivity index (χ3n) is 4.02. The summed E-state index contributed by atoms with van der Waals surface area (Å²) in [4.78, 5) is 12.7. The molecule has 1 heterocycles. The van der Waals surface area contributed by atoms with Crippen molar-refractivity contribution in [3.05, 3.63) is 58.8 Å². The fourth-order valence-electron chi connectivity index (χ4n) is 2.65. The van der Waals surface area contributed by atoms with E-state index in [1.807, 2.05) is 24.3 Å². The third-order valence-corrected chi connectivity index (χ3v) is 4.55. The number of halogens is 1. The maximum atomic E-state index is 12.7. The summed E-state index contributed by atoms with van der Waals surface area (Å²) >= 11 is 3.38. The highest BCUT2D eigenvalue weighted by Crippen LogP contribution is 2.39. The zero-order chi connectivity index (χ0) is 20.8. The first-order valence-electron chi connectivity index (χ1n) is 8.57. The molecule has 0 atom stereocenters. The van der Waals surface area contributed by atoms with Gasteiger partial charge in [0.15, 0.2) is 18.2 Å². The largest absolute Gasteiger partial charge is 0.493 e. The van der Waals surface area contributed by atoms with Gasteiger partial charge in [0, 0.05) is 4.47 Å². The number of carbonyl (C=O) groups excluding carboxylic acids is 1. The average molecular weight is 462 g/mol. The summed E-state index contributed by atoms with van der Waals surface area (Å²) in [5.41, 5.74) is 0.829. The molecule has 3 aromatic rings. The molecule has 0 aliphatic carbocycles. The Kier molecular flexibility index (Phi) is 6.61. The number of nitrogens with one attached hydrogen (secondary N) is 1. The van der Waals surface area contributed by atoms with Gasteiger partial charge in [-0.2, -0.15) is 5.10 Å². The van der Waals surface area contributed by atoms with Crippen LogP contribution in [0.1, 0.15) is 10.4 Å². The maximum absolute atomic E-state index is 12.7. The first kappa shape index (κ1) is 20.5. The predicted molar refractivity (Wildman–Crippen MR) is 111 cm³/mol. The molecule has 0 saturated heterocycles. The highest BCUT2D eigenvalue weighted by Gasteiger charge is 2.21. The zero-order valence-corrected chi connectivity index (χ0v) is 17.7. The van der Waals surface area contributed by atoms with Crippen LogP contribution in [0.4, 0.5) is 5.69 Å². The number of rotatable bonds is 8. The Morgan fingerprint density at radius 3 is 2.41 bits per heavy atom. The van der Waals surface area contributed by atoms with Crippen LogP contribution in [-0.4, -0.2) is 37.0 Å². The molecular formula is C20H20BrN3O5. The molecule has 1 N–H and O–H groups in total. The summed E-state index contributed by atoms with van der Waals surface area (Å²) in [6.45, 7) is 0.206. The summed E-state index contributed by atoms with van der Waals surface area (Å²) in [6, 6.07) is 10.7. The SMILES string of the molecule is COc1ccc(C(=O)Nc2cnn(COc3ccc(Br)cc3)c2)c(OC)c1OC. The van der Waals surface area contributed by atoms with Crippen LogP contribution in [0.2, 0.25) is 0 Å². The summed E-state index contributed by atoms with van der Waals surface area (Å²) in [6.07, 6.45) is 3.21. The fourth-order valence-corrected chi connectivity index (χ4v) is 2.91. The topological polar surface area (TPSA) is 83.8 Å². The monoisotopic (exact) mass is 461 g/mol. The van der Waals surface area contributed by atoms with Crippen LogP contribution in [0.5, 0.6) is 23.0 Å². The summed E-state index contributed by atoms with van der Waals surface area (Å²) in [5.74, 6) is 1.45. The molecule has 1 amide bonds. The average Bonchev–Trinajstić information content (AvgIpc) is 3.19. The van der Waals surface area contributed by atoms with E-state index in [0.29, 0.717) is 28.5 Å². The van der Waals surface area contributed by atoms with Gasteiger partial charge in [0.05, 0.1) is 45.0 Å². The van der Waals surface area contributed by atoms with E-state index in [9.17, 15) is 4.79 Å². The second kappa shape index (κ2) is 9.33. The molecule has 0 aliphatic heterocycles. The van der Waals surface area contributed by atoms with Crippen LogP contribution in [0.15, 0.2) is 53.3 Å². The van der Waals surface area contributed by atoms with Gasteiger partial charge in [0.25, 0.3) is 5.91 Å². The van der Waals surface area contributed by atoms with Crippen molar-refractivity contribution in [1.82, 2.24) is 9.78 Å². The minimum Gasteiger partial charge on any atom is -0.493 e. The number of aromatic nitrogens is 2. The van der Waals surface area contributed by atoms with E-state index in [1.54, 1.807) is 23.0 Å². The molecule has 0 saturated carbocycles. The van der Waals surface area contributed by atoms with E-state index in [2.05, 4.69) is 26.3 Å². The molecule has 1 aromatic heterocycles. The van der Waals surface area contributed by atoms with E-state index < -0.39 is 0 Å². The first-order chi connectivity index (χ1) is 14.0. The van der Waals surface area contributed by atoms with Crippen LogP contribution >= 0.6 is 15.9 Å². The van der Waals surface area contributed by atoms with E-state index in [0.717, 1.165) is 4.47 Å². The number of anilines is 1. The van der Waals surface area contributed by atoms with Gasteiger partial charge in [-0.05, 0) is 36.4 Å². The van der Waals surface area contributed by atoms with Crippen molar-refractivity contribution in [2.24, 2.45) is 0 Å². The fraction of sp³-hybridized carbons (Fsp3) is 0.200. The number of carbonyl (C=O) groups is 1. The molecule has 0 unspecified atom stereocenters. The molecule has 0 spiro atoms. The second-order valence-electron chi connectivity index (χ2n) is 5.83. The van der Waals surface area contributed by atoms with Gasteiger partial charge in [0.2, 0.25) is 5.75 Å². The van der Waals surface area contributed by atoms with Crippen molar-refractivity contribution in [2.75, 3.05) is 26.6 Å². The Labute approximate surface area is 176 Å². The van der Waals surface area contributed by atoms with Crippen molar-refractivity contribution in [2.45, 2.75) is 6.73 Å². The lowest BCUT2D eigenvalue weighted by Crippen LogP contribution is -2.13. The molecule has 0 bridgehead atoms. The number of hydrogen-bond donors (Lipinski definition) is 1. The van der Waals surface area contributed by atoms with Crippen LogP contribution in [0.3, 0.4) is 0 Å². The molecule has 0 radical (unpaired) electrons. The number of ether oxygens (including phenoxy) is 4. The van der Waals surface area contributed by atoms with Crippen LogP contribution in [0, 0.1) is 0 Å². The van der Waals surface area contributed by atoms with Gasteiger partial charge >= 0.3 is 0 Å². The Hall–Kier alpha value is -3.20. The Balaban J connectivity index is 1.69. The summed E-state index contributed by atoms with van der Waals surface area (Å²) in [5, 5.41) is 6.98. The Morgan fingerprint density at radius 2 is 1.76 bits per heavy atom. The maximum Gasteiger partial charge on any atom is 0.259 e. The highest BCUT2D eigenvalue weighted by molar-refractivity contribution is 9.10. The smallest absolute Gasteiger partial charge is 0.259 e. The van der Waals surface area contributed by atoms with E-state index in [-0.39, 0.29) is 18.4 Å². The number of benzene rings is 2. The predicted octanol–water partition coefficient (Wildman–Crippen LogP) is 3.96. The lowest BCUT2D eigenvalue weighted by atomic mass is 10.1. The van der Waals surface area contributed by atoms with Crippen LogP contribution < -0.4 is 24.3 Å². The summed E-state index contributed by atoms with van der Waals surface area (Å²) < 4.78 is 24.1. The molecule has 29 heavy (non-hydrogen) atoms. The van der Waals surface area contributed by atoms with Gasteiger partial charge in [0.1, 0.15) is 5.75 Å². The number of nitrogens with zero attached hydrogens (tertiary/aromatic N) is 2. The summed E-state index contributed by atoms with van der Waals surface area (Å²) in [7, 11) is 4.46.